The summed E-state index contributed by atoms with van der Waals surface area (Å²) in [4.78, 5) is 14.0. The van der Waals surface area contributed by atoms with Crippen molar-refractivity contribution in [3.05, 3.63) is 59.2 Å². The number of phenols is 1. The van der Waals surface area contributed by atoms with Crippen molar-refractivity contribution in [1.29, 1.82) is 0 Å². The van der Waals surface area contributed by atoms with Gasteiger partial charge in [0, 0.05) is 32.6 Å². The van der Waals surface area contributed by atoms with Crippen LogP contribution in [0.3, 0.4) is 0 Å². The average Bonchev–Trinajstić information content (AvgIpc) is 3.12. The number of alkyl halides is 1. The van der Waals surface area contributed by atoms with Gasteiger partial charge in [-0.05, 0) is 29.7 Å². The van der Waals surface area contributed by atoms with Crippen molar-refractivity contribution in [2.45, 2.75) is 36.7 Å². The number of hydrogen-bond donors (Lipinski definition) is 3. The number of likely N-dealkylation sites (tertiary alicyclic amines) is 1. The Hall–Kier alpha value is -2.32. The Labute approximate surface area is 186 Å². The molecule has 8 heteroatoms. The summed E-state index contributed by atoms with van der Waals surface area (Å²) in [6.07, 6.45) is 0.632. The van der Waals surface area contributed by atoms with Crippen LogP contribution in [0.1, 0.15) is 34.3 Å². The second kappa shape index (κ2) is 9.04. The third kappa shape index (κ3) is 4.50. The van der Waals surface area contributed by atoms with Gasteiger partial charge < -0.3 is 25.0 Å². The first-order valence-electron chi connectivity index (χ1n) is 10.4. The molecule has 4 rings (SSSR count). The minimum atomic E-state index is -0.813. The first-order chi connectivity index (χ1) is 14.9. The number of aromatic hydroxyl groups is 1. The lowest BCUT2D eigenvalue weighted by molar-refractivity contribution is -0.0900. The number of nitrogens with one attached hydrogen (secondary N) is 1. The Morgan fingerprint density at radius 3 is 2.97 bits per heavy atom. The van der Waals surface area contributed by atoms with Crippen molar-refractivity contribution in [3.63, 3.8) is 0 Å². The smallest absolute Gasteiger partial charge is 0.254 e. The molecule has 2 heterocycles. The van der Waals surface area contributed by atoms with E-state index in [0.29, 0.717) is 31.7 Å². The number of rotatable bonds is 6. The van der Waals surface area contributed by atoms with Gasteiger partial charge in [-0.2, -0.15) is 0 Å². The van der Waals surface area contributed by atoms with Crippen LogP contribution in [-0.4, -0.2) is 59.4 Å². The lowest BCUT2D eigenvalue weighted by atomic mass is 9.83. The molecule has 2 aliphatic rings. The minimum Gasteiger partial charge on any atom is -0.508 e. The molecule has 1 spiro atoms. The SMILES string of the molecule is CNC(=O)c1ccc(O)cc1OC[C@@H](O)CN1CC[C@@]2(CC1Cl)OCc1ccccc12. The number of nitrogens with zero attached hydrogens (tertiary/aromatic N) is 1. The first-order valence-corrected chi connectivity index (χ1v) is 10.8. The van der Waals surface area contributed by atoms with Crippen molar-refractivity contribution in [1.82, 2.24) is 10.2 Å². The Bertz CT molecular complexity index is 955. The number of carbonyl (C=O) groups is 1. The molecule has 1 fully saturated rings. The van der Waals surface area contributed by atoms with E-state index in [0.717, 1.165) is 6.42 Å². The Morgan fingerprint density at radius 2 is 2.19 bits per heavy atom. The van der Waals surface area contributed by atoms with Crippen LogP contribution >= 0.6 is 11.6 Å². The fourth-order valence-corrected chi connectivity index (χ4v) is 4.82. The molecule has 1 unspecified atom stereocenters. The quantitative estimate of drug-likeness (QED) is 0.466. The van der Waals surface area contributed by atoms with E-state index in [2.05, 4.69) is 17.4 Å². The summed E-state index contributed by atoms with van der Waals surface area (Å²) in [6.45, 7) is 1.60. The van der Waals surface area contributed by atoms with Gasteiger partial charge in [0.1, 0.15) is 24.2 Å². The standard InChI is InChI=1S/C23H27ClN2O5/c1-25-22(29)18-7-6-16(27)10-20(18)30-14-17(28)12-26-9-8-23(11-21(26)24)19-5-3-2-4-15(19)13-31-23/h2-7,10,17,21,27-28H,8-9,11-14H2,1H3,(H,25,29)/t17-,21?,23-/m0/s1. The van der Waals surface area contributed by atoms with Gasteiger partial charge in [-0.25, -0.2) is 0 Å². The van der Waals surface area contributed by atoms with Crippen LogP contribution in [0.4, 0.5) is 0 Å². The van der Waals surface area contributed by atoms with E-state index in [1.54, 1.807) is 0 Å². The van der Waals surface area contributed by atoms with Crippen molar-refractivity contribution < 1.29 is 24.5 Å². The topological polar surface area (TPSA) is 91.3 Å². The number of phenolic OH excluding ortho intramolecular Hbond substituents is 1. The molecule has 31 heavy (non-hydrogen) atoms. The maximum absolute atomic E-state index is 12.0. The zero-order valence-corrected chi connectivity index (χ0v) is 18.1. The normalized spacial score (nSPS) is 24.0. The summed E-state index contributed by atoms with van der Waals surface area (Å²) in [7, 11) is 1.52. The van der Waals surface area contributed by atoms with Crippen LogP contribution < -0.4 is 10.1 Å². The number of fused-ring (bicyclic) bond motifs is 2. The number of ether oxygens (including phenoxy) is 2. The fraction of sp³-hybridized carbons (Fsp3) is 0.435. The molecule has 2 aliphatic heterocycles. The van der Waals surface area contributed by atoms with Gasteiger partial charge in [-0.1, -0.05) is 24.3 Å². The molecular formula is C23H27ClN2O5. The molecular weight excluding hydrogens is 420 g/mol. The molecule has 0 radical (unpaired) electrons. The van der Waals surface area contributed by atoms with Gasteiger partial charge in [-0.15, -0.1) is 11.6 Å². The van der Waals surface area contributed by atoms with Crippen LogP contribution in [0.15, 0.2) is 42.5 Å². The highest BCUT2D eigenvalue weighted by Gasteiger charge is 2.45. The molecule has 166 valence electrons. The van der Waals surface area contributed by atoms with Crippen LogP contribution in [-0.2, 0) is 16.9 Å². The lowest BCUT2D eigenvalue weighted by Crippen LogP contribution is -2.49. The second-order valence-electron chi connectivity index (χ2n) is 8.05. The zero-order valence-electron chi connectivity index (χ0n) is 17.4. The van der Waals surface area contributed by atoms with Crippen LogP contribution in [0, 0.1) is 0 Å². The van der Waals surface area contributed by atoms with Gasteiger partial charge in [0.2, 0.25) is 0 Å². The summed E-state index contributed by atoms with van der Waals surface area (Å²) >= 11 is 6.69. The molecule has 1 saturated heterocycles. The number of β-amino-alcohol motifs (C(OH)–C–C–N with tert-alkyl or cyclic N) is 1. The number of carbonyl (C=O) groups excluding carboxylic acids is 1. The molecule has 3 N–H and O–H groups in total. The van der Waals surface area contributed by atoms with E-state index in [-0.39, 0.29) is 35.1 Å². The summed E-state index contributed by atoms with van der Waals surface area (Å²) in [6, 6.07) is 12.5. The number of halogens is 1. The maximum atomic E-state index is 12.0. The molecule has 1 amide bonds. The third-order valence-corrected chi connectivity index (χ3v) is 6.45. The molecule has 7 nitrogen and oxygen atoms in total. The predicted octanol–water partition coefficient (Wildman–Crippen LogP) is 2.58. The van der Waals surface area contributed by atoms with Crippen molar-refractivity contribution in [3.8, 4) is 11.5 Å². The van der Waals surface area contributed by atoms with Crippen LogP contribution in [0.2, 0.25) is 0 Å². The average molecular weight is 447 g/mol. The number of amides is 1. The predicted molar refractivity (Wildman–Crippen MR) is 116 cm³/mol. The number of aliphatic hydroxyl groups is 1. The Balaban J connectivity index is 1.35. The van der Waals surface area contributed by atoms with Gasteiger partial charge in [0.25, 0.3) is 5.91 Å². The minimum absolute atomic E-state index is 0.0175. The third-order valence-electron chi connectivity index (χ3n) is 6.02. The number of hydrogen-bond acceptors (Lipinski definition) is 6. The first kappa shape index (κ1) is 21.9. The van der Waals surface area contributed by atoms with E-state index >= 15 is 0 Å². The summed E-state index contributed by atoms with van der Waals surface area (Å²) in [5.74, 6) is -0.131. The monoisotopic (exact) mass is 446 g/mol. The van der Waals surface area contributed by atoms with Gasteiger partial charge in [0.15, 0.2) is 0 Å². The summed E-state index contributed by atoms with van der Waals surface area (Å²) in [5, 5.41) is 22.8. The van der Waals surface area contributed by atoms with Crippen LogP contribution in [0.5, 0.6) is 11.5 Å². The van der Waals surface area contributed by atoms with Crippen LogP contribution in [0.25, 0.3) is 0 Å². The molecule has 0 aromatic heterocycles. The van der Waals surface area contributed by atoms with Gasteiger partial charge >= 0.3 is 0 Å². The highest BCUT2D eigenvalue weighted by atomic mass is 35.5. The molecule has 2 aromatic rings. The van der Waals surface area contributed by atoms with Crippen molar-refractivity contribution in [2.75, 3.05) is 26.7 Å². The number of piperidine rings is 1. The number of aliphatic hydroxyl groups excluding tert-OH is 1. The molecule has 2 aromatic carbocycles. The van der Waals surface area contributed by atoms with E-state index in [4.69, 9.17) is 21.1 Å². The van der Waals surface area contributed by atoms with E-state index < -0.39 is 6.10 Å². The Kier molecular flexibility index (Phi) is 6.39. The van der Waals surface area contributed by atoms with Gasteiger partial charge in [0.05, 0.1) is 23.3 Å². The molecule has 0 saturated carbocycles. The molecule has 3 atom stereocenters. The molecule has 0 bridgehead atoms. The second-order valence-corrected chi connectivity index (χ2v) is 8.55. The number of benzene rings is 2. The highest BCUT2D eigenvalue weighted by molar-refractivity contribution is 6.20. The summed E-state index contributed by atoms with van der Waals surface area (Å²) < 4.78 is 11.8. The van der Waals surface area contributed by atoms with Crippen molar-refractivity contribution in [2.24, 2.45) is 0 Å². The van der Waals surface area contributed by atoms with Crippen molar-refractivity contribution >= 4 is 17.5 Å². The largest absolute Gasteiger partial charge is 0.508 e. The molecule has 0 aliphatic carbocycles. The fourth-order valence-electron chi connectivity index (χ4n) is 4.40. The Morgan fingerprint density at radius 1 is 1.39 bits per heavy atom. The maximum Gasteiger partial charge on any atom is 0.254 e. The highest BCUT2D eigenvalue weighted by Crippen LogP contribution is 2.46. The lowest BCUT2D eigenvalue weighted by Gasteiger charge is -2.43. The summed E-state index contributed by atoms with van der Waals surface area (Å²) in [5.41, 5.74) is 2.09. The van der Waals surface area contributed by atoms with E-state index in [9.17, 15) is 15.0 Å². The van der Waals surface area contributed by atoms with Gasteiger partial charge in [-0.3, -0.25) is 9.69 Å². The zero-order chi connectivity index (χ0) is 22.0. The van der Waals surface area contributed by atoms with E-state index in [1.165, 1.54) is 36.4 Å². The van der Waals surface area contributed by atoms with E-state index in [1.807, 2.05) is 17.0 Å².